The van der Waals surface area contributed by atoms with Gasteiger partial charge in [0, 0.05) is 52.0 Å². The number of para-hydroxylation sites is 1. The predicted molar refractivity (Wildman–Crippen MR) is 73.6 cm³/mol. The quantitative estimate of drug-likeness (QED) is 0.778. The van der Waals surface area contributed by atoms with Crippen LogP contribution in [0.15, 0.2) is 30.3 Å². The molecular weight excluding hydrogens is 210 g/mol. The SMILES string of the molecule is CN1CCN(CCN(C)c2ccccc2)CC1. The molecule has 1 fully saturated rings. The van der Waals surface area contributed by atoms with Crippen LogP contribution in [0, 0.1) is 0 Å². The minimum atomic E-state index is 1.10. The first-order valence-electron chi connectivity index (χ1n) is 6.43. The molecule has 1 heterocycles. The van der Waals surface area contributed by atoms with Gasteiger partial charge in [0.25, 0.3) is 0 Å². The number of hydrogen-bond acceptors (Lipinski definition) is 3. The largest absolute Gasteiger partial charge is 0.373 e. The van der Waals surface area contributed by atoms with Crippen molar-refractivity contribution in [2.24, 2.45) is 0 Å². The molecule has 0 saturated carbocycles. The third kappa shape index (κ3) is 3.72. The van der Waals surface area contributed by atoms with Crippen LogP contribution in [-0.2, 0) is 0 Å². The molecule has 1 aliphatic rings. The van der Waals surface area contributed by atoms with Gasteiger partial charge < -0.3 is 9.80 Å². The Morgan fingerprint density at radius 3 is 2.35 bits per heavy atom. The highest BCUT2D eigenvalue weighted by atomic mass is 15.3. The first kappa shape index (κ1) is 12.4. The van der Waals surface area contributed by atoms with Crippen molar-refractivity contribution in [2.45, 2.75) is 0 Å². The van der Waals surface area contributed by atoms with Crippen molar-refractivity contribution >= 4 is 5.69 Å². The van der Waals surface area contributed by atoms with Gasteiger partial charge in [0.05, 0.1) is 0 Å². The van der Waals surface area contributed by atoms with Crippen LogP contribution < -0.4 is 4.90 Å². The summed E-state index contributed by atoms with van der Waals surface area (Å²) in [7, 11) is 4.37. The highest BCUT2D eigenvalue weighted by Crippen LogP contribution is 2.10. The smallest absolute Gasteiger partial charge is 0.0364 e. The molecule has 0 unspecified atom stereocenters. The first-order valence-corrected chi connectivity index (χ1v) is 6.43. The second kappa shape index (κ2) is 6.03. The molecule has 3 nitrogen and oxygen atoms in total. The van der Waals surface area contributed by atoms with E-state index in [0.29, 0.717) is 0 Å². The van der Waals surface area contributed by atoms with Gasteiger partial charge in [-0.15, -0.1) is 0 Å². The van der Waals surface area contributed by atoms with Crippen LogP contribution in [-0.4, -0.2) is 63.2 Å². The van der Waals surface area contributed by atoms with Crippen LogP contribution in [0.25, 0.3) is 0 Å². The van der Waals surface area contributed by atoms with Gasteiger partial charge in [-0.1, -0.05) is 18.2 Å². The fourth-order valence-electron chi connectivity index (χ4n) is 2.17. The highest BCUT2D eigenvalue weighted by molar-refractivity contribution is 5.44. The summed E-state index contributed by atoms with van der Waals surface area (Å²) in [5.74, 6) is 0. The fourth-order valence-corrected chi connectivity index (χ4v) is 2.17. The summed E-state index contributed by atoms with van der Waals surface area (Å²) in [5, 5.41) is 0. The molecule has 17 heavy (non-hydrogen) atoms. The van der Waals surface area contributed by atoms with E-state index in [1.165, 1.54) is 38.4 Å². The number of anilines is 1. The second-order valence-corrected chi connectivity index (χ2v) is 4.90. The molecular formula is C14H23N3. The van der Waals surface area contributed by atoms with Gasteiger partial charge >= 0.3 is 0 Å². The van der Waals surface area contributed by atoms with Gasteiger partial charge in [-0.25, -0.2) is 0 Å². The minimum absolute atomic E-state index is 1.10. The van der Waals surface area contributed by atoms with Crippen molar-refractivity contribution in [2.75, 3.05) is 58.3 Å². The fraction of sp³-hybridized carbons (Fsp3) is 0.571. The summed E-state index contributed by atoms with van der Waals surface area (Å²) in [6.45, 7) is 7.09. The molecule has 0 radical (unpaired) electrons. The zero-order chi connectivity index (χ0) is 12.1. The van der Waals surface area contributed by atoms with E-state index in [4.69, 9.17) is 0 Å². The maximum absolute atomic E-state index is 2.56. The summed E-state index contributed by atoms with van der Waals surface area (Å²) in [6, 6.07) is 10.6. The van der Waals surface area contributed by atoms with Crippen molar-refractivity contribution in [1.82, 2.24) is 9.80 Å². The maximum Gasteiger partial charge on any atom is 0.0364 e. The molecule has 1 saturated heterocycles. The van der Waals surface area contributed by atoms with Gasteiger partial charge in [0.15, 0.2) is 0 Å². The summed E-state index contributed by atoms with van der Waals surface area (Å²) in [6.07, 6.45) is 0. The van der Waals surface area contributed by atoms with E-state index in [1.807, 2.05) is 0 Å². The van der Waals surface area contributed by atoms with Crippen molar-refractivity contribution in [3.8, 4) is 0 Å². The zero-order valence-electron chi connectivity index (χ0n) is 11.0. The van der Waals surface area contributed by atoms with Crippen molar-refractivity contribution < 1.29 is 0 Å². The number of hydrogen-bond donors (Lipinski definition) is 0. The Bertz CT molecular complexity index is 317. The molecule has 0 aliphatic carbocycles. The molecule has 0 amide bonds. The number of piperazine rings is 1. The standard InChI is InChI=1S/C14H23N3/c1-15-8-11-17(12-9-15)13-10-16(2)14-6-4-3-5-7-14/h3-7H,8-13H2,1-2H3. The Kier molecular flexibility index (Phi) is 4.40. The van der Waals surface area contributed by atoms with E-state index in [9.17, 15) is 0 Å². The molecule has 1 aliphatic heterocycles. The monoisotopic (exact) mass is 233 g/mol. The summed E-state index contributed by atoms with van der Waals surface area (Å²) in [4.78, 5) is 7.29. The lowest BCUT2D eigenvalue weighted by atomic mass is 10.3. The lowest BCUT2D eigenvalue weighted by molar-refractivity contribution is 0.157. The van der Waals surface area contributed by atoms with E-state index < -0.39 is 0 Å². The van der Waals surface area contributed by atoms with Crippen molar-refractivity contribution in [1.29, 1.82) is 0 Å². The van der Waals surface area contributed by atoms with Crippen LogP contribution in [0.1, 0.15) is 0 Å². The molecule has 1 aromatic rings. The van der Waals surface area contributed by atoms with E-state index >= 15 is 0 Å². The number of nitrogens with zero attached hydrogens (tertiary/aromatic N) is 3. The van der Waals surface area contributed by atoms with Crippen LogP contribution >= 0.6 is 0 Å². The van der Waals surface area contributed by atoms with E-state index in [0.717, 1.165) is 6.54 Å². The Hall–Kier alpha value is -1.06. The van der Waals surface area contributed by atoms with Crippen LogP contribution in [0.4, 0.5) is 5.69 Å². The van der Waals surface area contributed by atoms with Gasteiger partial charge in [0.2, 0.25) is 0 Å². The van der Waals surface area contributed by atoms with E-state index in [2.05, 4.69) is 59.1 Å². The molecule has 2 rings (SSSR count). The third-order valence-electron chi connectivity index (χ3n) is 3.54. The average molecular weight is 233 g/mol. The lowest BCUT2D eigenvalue weighted by Crippen LogP contribution is -2.46. The molecule has 0 bridgehead atoms. The highest BCUT2D eigenvalue weighted by Gasteiger charge is 2.13. The second-order valence-electron chi connectivity index (χ2n) is 4.90. The Morgan fingerprint density at radius 2 is 1.71 bits per heavy atom. The summed E-state index contributed by atoms with van der Waals surface area (Å²) in [5.41, 5.74) is 1.31. The van der Waals surface area contributed by atoms with Gasteiger partial charge in [-0.05, 0) is 19.2 Å². The minimum Gasteiger partial charge on any atom is -0.373 e. The average Bonchev–Trinajstić information content (AvgIpc) is 2.39. The van der Waals surface area contributed by atoms with Crippen molar-refractivity contribution in [3.63, 3.8) is 0 Å². The molecule has 94 valence electrons. The van der Waals surface area contributed by atoms with Crippen LogP contribution in [0.2, 0.25) is 0 Å². The molecule has 0 atom stereocenters. The predicted octanol–water partition coefficient (Wildman–Crippen LogP) is 1.37. The number of benzene rings is 1. The lowest BCUT2D eigenvalue weighted by Gasteiger charge is -2.33. The maximum atomic E-state index is 2.56. The van der Waals surface area contributed by atoms with Gasteiger partial charge in [-0.3, -0.25) is 4.90 Å². The van der Waals surface area contributed by atoms with E-state index in [1.54, 1.807) is 0 Å². The van der Waals surface area contributed by atoms with Gasteiger partial charge in [-0.2, -0.15) is 0 Å². The number of likely N-dealkylation sites (N-methyl/N-ethyl adjacent to an activating group) is 2. The molecule has 0 aromatic heterocycles. The molecule has 3 heteroatoms. The Morgan fingerprint density at radius 1 is 1.06 bits per heavy atom. The number of rotatable bonds is 4. The normalized spacial score (nSPS) is 18.2. The molecule has 1 aromatic carbocycles. The first-order chi connectivity index (χ1) is 8.25. The zero-order valence-corrected chi connectivity index (χ0v) is 11.0. The Labute approximate surface area is 105 Å². The summed E-state index contributed by atoms with van der Waals surface area (Å²) >= 11 is 0. The molecule has 0 spiro atoms. The van der Waals surface area contributed by atoms with Crippen LogP contribution in [0.5, 0.6) is 0 Å². The Balaban J connectivity index is 1.75. The topological polar surface area (TPSA) is 9.72 Å². The van der Waals surface area contributed by atoms with Crippen LogP contribution in [0.3, 0.4) is 0 Å². The van der Waals surface area contributed by atoms with Crippen molar-refractivity contribution in [3.05, 3.63) is 30.3 Å². The molecule has 0 N–H and O–H groups in total. The summed E-state index contributed by atoms with van der Waals surface area (Å²) < 4.78 is 0. The van der Waals surface area contributed by atoms with Gasteiger partial charge in [0.1, 0.15) is 0 Å². The van der Waals surface area contributed by atoms with E-state index in [-0.39, 0.29) is 0 Å². The third-order valence-corrected chi connectivity index (χ3v) is 3.54.